The number of nitrogens with zero attached hydrogens (tertiary/aromatic N) is 1. The SMILES string of the molecule is O=Cc1ccc2c(c1)c1cc(C=O)ccc1n2Cc1ccccc1. The lowest BCUT2D eigenvalue weighted by Crippen LogP contribution is -1.99. The summed E-state index contributed by atoms with van der Waals surface area (Å²) < 4.78 is 2.23. The van der Waals surface area contributed by atoms with Crippen LogP contribution in [0.3, 0.4) is 0 Å². The molecule has 24 heavy (non-hydrogen) atoms. The van der Waals surface area contributed by atoms with E-state index < -0.39 is 0 Å². The van der Waals surface area contributed by atoms with Crippen molar-refractivity contribution in [1.29, 1.82) is 0 Å². The van der Waals surface area contributed by atoms with Crippen molar-refractivity contribution in [2.75, 3.05) is 0 Å². The van der Waals surface area contributed by atoms with Crippen molar-refractivity contribution in [1.82, 2.24) is 4.57 Å². The van der Waals surface area contributed by atoms with Crippen molar-refractivity contribution in [2.24, 2.45) is 0 Å². The van der Waals surface area contributed by atoms with Crippen LogP contribution in [0.15, 0.2) is 66.7 Å². The van der Waals surface area contributed by atoms with Crippen LogP contribution in [-0.2, 0) is 6.54 Å². The highest BCUT2D eigenvalue weighted by Gasteiger charge is 2.12. The summed E-state index contributed by atoms with van der Waals surface area (Å²) in [6, 6.07) is 21.6. The van der Waals surface area contributed by atoms with Crippen molar-refractivity contribution < 1.29 is 9.59 Å². The molecular weight excluding hydrogens is 298 g/mol. The maximum atomic E-state index is 11.1. The molecule has 3 nitrogen and oxygen atoms in total. The summed E-state index contributed by atoms with van der Waals surface area (Å²) in [6.45, 7) is 0.738. The van der Waals surface area contributed by atoms with Crippen LogP contribution in [0.5, 0.6) is 0 Å². The van der Waals surface area contributed by atoms with Gasteiger partial charge in [-0.25, -0.2) is 0 Å². The lowest BCUT2D eigenvalue weighted by molar-refractivity contribution is 0.111. The van der Waals surface area contributed by atoms with Gasteiger partial charge in [0, 0.05) is 39.5 Å². The first-order valence-electron chi connectivity index (χ1n) is 7.80. The summed E-state index contributed by atoms with van der Waals surface area (Å²) in [7, 11) is 0. The fraction of sp³-hybridized carbons (Fsp3) is 0.0476. The first-order valence-corrected chi connectivity index (χ1v) is 7.80. The molecular formula is C21H15NO2. The van der Waals surface area contributed by atoms with Gasteiger partial charge >= 0.3 is 0 Å². The Kier molecular flexibility index (Phi) is 3.47. The average Bonchev–Trinajstić information content (AvgIpc) is 2.95. The Labute approximate surface area is 139 Å². The molecule has 1 heterocycles. The maximum Gasteiger partial charge on any atom is 0.150 e. The second kappa shape index (κ2) is 5.78. The minimum absolute atomic E-state index is 0.637. The van der Waals surface area contributed by atoms with Gasteiger partial charge in [0.05, 0.1) is 0 Å². The van der Waals surface area contributed by atoms with E-state index in [2.05, 4.69) is 16.7 Å². The molecule has 4 rings (SSSR count). The van der Waals surface area contributed by atoms with E-state index in [1.54, 1.807) is 0 Å². The Morgan fingerprint density at radius 3 is 1.75 bits per heavy atom. The number of benzene rings is 3. The van der Waals surface area contributed by atoms with Gasteiger partial charge in [0.1, 0.15) is 12.6 Å². The zero-order valence-corrected chi connectivity index (χ0v) is 13.0. The number of fused-ring (bicyclic) bond motifs is 3. The molecule has 0 amide bonds. The average molecular weight is 313 g/mol. The van der Waals surface area contributed by atoms with E-state index in [1.807, 2.05) is 54.6 Å². The van der Waals surface area contributed by atoms with Crippen LogP contribution in [-0.4, -0.2) is 17.1 Å². The van der Waals surface area contributed by atoms with Crippen LogP contribution in [0.4, 0.5) is 0 Å². The Balaban J connectivity index is 2.02. The second-order valence-electron chi connectivity index (χ2n) is 5.86. The predicted molar refractivity (Wildman–Crippen MR) is 95.8 cm³/mol. The fourth-order valence-electron chi connectivity index (χ4n) is 3.22. The number of carbonyl (C=O) groups is 2. The number of hydrogen-bond acceptors (Lipinski definition) is 2. The van der Waals surface area contributed by atoms with Crippen LogP contribution < -0.4 is 0 Å². The minimum Gasteiger partial charge on any atom is -0.336 e. The number of aromatic nitrogens is 1. The van der Waals surface area contributed by atoms with E-state index in [4.69, 9.17) is 0 Å². The van der Waals surface area contributed by atoms with Gasteiger partial charge in [0.15, 0.2) is 0 Å². The summed E-state index contributed by atoms with van der Waals surface area (Å²) in [5.41, 5.74) is 4.59. The smallest absolute Gasteiger partial charge is 0.150 e. The molecule has 0 aliphatic carbocycles. The summed E-state index contributed by atoms with van der Waals surface area (Å²) >= 11 is 0. The molecule has 0 spiro atoms. The highest BCUT2D eigenvalue weighted by Crippen LogP contribution is 2.31. The highest BCUT2D eigenvalue weighted by molar-refractivity contribution is 6.10. The molecule has 0 radical (unpaired) electrons. The van der Waals surface area contributed by atoms with Crippen LogP contribution in [0, 0.1) is 0 Å². The van der Waals surface area contributed by atoms with Gasteiger partial charge in [-0.15, -0.1) is 0 Å². The van der Waals surface area contributed by atoms with Gasteiger partial charge in [-0.2, -0.15) is 0 Å². The van der Waals surface area contributed by atoms with Crippen molar-refractivity contribution in [3.8, 4) is 0 Å². The van der Waals surface area contributed by atoms with Crippen molar-refractivity contribution in [3.05, 3.63) is 83.4 Å². The summed E-state index contributed by atoms with van der Waals surface area (Å²) in [4.78, 5) is 22.3. The van der Waals surface area contributed by atoms with E-state index in [0.29, 0.717) is 11.1 Å². The Morgan fingerprint density at radius 1 is 0.708 bits per heavy atom. The van der Waals surface area contributed by atoms with Gasteiger partial charge in [-0.3, -0.25) is 9.59 Å². The lowest BCUT2D eigenvalue weighted by Gasteiger charge is -2.08. The highest BCUT2D eigenvalue weighted by atomic mass is 16.1. The zero-order chi connectivity index (χ0) is 16.5. The largest absolute Gasteiger partial charge is 0.336 e. The third kappa shape index (κ3) is 2.31. The molecule has 0 bridgehead atoms. The third-order valence-corrected chi connectivity index (χ3v) is 4.37. The molecule has 3 heteroatoms. The summed E-state index contributed by atoms with van der Waals surface area (Å²) in [5.74, 6) is 0. The van der Waals surface area contributed by atoms with Gasteiger partial charge in [0.2, 0.25) is 0 Å². The number of carbonyl (C=O) groups excluding carboxylic acids is 2. The van der Waals surface area contributed by atoms with Crippen LogP contribution in [0.1, 0.15) is 26.3 Å². The maximum absolute atomic E-state index is 11.1. The first-order chi connectivity index (χ1) is 11.8. The molecule has 0 atom stereocenters. The fourth-order valence-corrected chi connectivity index (χ4v) is 3.22. The molecule has 0 N–H and O–H groups in total. The van der Waals surface area contributed by atoms with Crippen molar-refractivity contribution in [2.45, 2.75) is 6.54 Å². The summed E-state index contributed by atoms with van der Waals surface area (Å²) in [5, 5.41) is 1.99. The molecule has 4 aromatic rings. The first kappa shape index (κ1) is 14.4. The molecule has 0 saturated carbocycles. The minimum atomic E-state index is 0.637. The van der Waals surface area contributed by atoms with Crippen LogP contribution >= 0.6 is 0 Å². The Bertz CT molecular complexity index is 996. The normalized spacial score (nSPS) is 11.0. The summed E-state index contributed by atoms with van der Waals surface area (Å²) in [6.07, 6.45) is 1.70. The Hall–Kier alpha value is -3.20. The monoisotopic (exact) mass is 313 g/mol. The molecule has 0 fully saturated rings. The number of rotatable bonds is 4. The van der Waals surface area contributed by atoms with Gasteiger partial charge in [0.25, 0.3) is 0 Å². The number of aldehydes is 2. The standard InChI is InChI=1S/C21H15NO2/c23-13-16-6-8-20-18(10-16)19-11-17(14-24)7-9-21(19)22(20)12-15-4-2-1-3-5-15/h1-11,13-14H,12H2. The molecule has 0 saturated heterocycles. The van der Waals surface area contributed by atoms with E-state index in [9.17, 15) is 9.59 Å². The van der Waals surface area contributed by atoms with Crippen LogP contribution in [0.2, 0.25) is 0 Å². The van der Waals surface area contributed by atoms with Gasteiger partial charge in [-0.05, 0) is 42.0 Å². The van der Waals surface area contributed by atoms with Gasteiger partial charge < -0.3 is 4.57 Å². The molecule has 0 aliphatic rings. The number of hydrogen-bond donors (Lipinski definition) is 0. The Morgan fingerprint density at radius 2 is 1.25 bits per heavy atom. The molecule has 1 aromatic heterocycles. The van der Waals surface area contributed by atoms with E-state index in [1.165, 1.54) is 5.56 Å². The molecule has 0 aliphatic heterocycles. The third-order valence-electron chi connectivity index (χ3n) is 4.37. The van der Waals surface area contributed by atoms with Crippen molar-refractivity contribution >= 4 is 34.4 Å². The lowest BCUT2D eigenvalue weighted by atomic mass is 10.1. The quantitative estimate of drug-likeness (QED) is 0.521. The molecule has 3 aromatic carbocycles. The van der Waals surface area contributed by atoms with E-state index in [0.717, 1.165) is 40.9 Å². The van der Waals surface area contributed by atoms with E-state index in [-0.39, 0.29) is 0 Å². The van der Waals surface area contributed by atoms with E-state index >= 15 is 0 Å². The van der Waals surface area contributed by atoms with Gasteiger partial charge in [-0.1, -0.05) is 30.3 Å². The second-order valence-corrected chi connectivity index (χ2v) is 5.86. The van der Waals surface area contributed by atoms with Crippen molar-refractivity contribution in [3.63, 3.8) is 0 Å². The molecule has 0 unspecified atom stereocenters. The predicted octanol–water partition coefficient (Wildman–Crippen LogP) is 4.47. The van der Waals surface area contributed by atoms with Crippen LogP contribution in [0.25, 0.3) is 21.8 Å². The molecule has 116 valence electrons. The zero-order valence-electron chi connectivity index (χ0n) is 13.0. The topological polar surface area (TPSA) is 39.1 Å².